The van der Waals surface area contributed by atoms with Crippen molar-refractivity contribution >= 4 is 29.1 Å². The lowest BCUT2D eigenvalue weighted by Crippen LogP contribution is -2.30. The number of fused-ring (bicyclic) bond motifs is 1. The van der Waals surface area contributed by atoms with E-state index in [2.05, 4.69) is 0 Å². The maximum absolute atomic E-state index is 12.3. The number of rotatable bonds is 1. The Morgan fingerprint density at radius 1 is 1.17 bits per heavy atom. The van der Waals surface area contributed by atoms with Crippen molar-refractivity contribution in [1.82, 2.24) is 4.90 Å². The third kappa shape index (κ3) is 2.11. The zero-order valence-corrected chi connectivity index (χ0v) is 11.2. The monoisotopic (exact) mass is 285 g/mol. The molecule has 0 saturated carbocycles. The number of ether oxygens (including phenoxy) is 1. The van der Waals surface area contributed by atoms with Gasteiger partial charge in [-0.3, -0.25) is 4.79 Å². The van der Waals surface area contributed by atoms with E-state index in [0.29, 0.717) is 27.4 Å². The van der Waals surface area contributed by atoms with Crippen LogP contribution in [-0.2, 0) is 4.74 Å². The molecule has 0 aromatic heterocycles. The maximum Gasteiger partial charge on any atom is 0.253 e. The highest BCUT2D eigenvalue weighted by Gasteiger charge is 2.39. The molecule has 2 aliphatic rings. The predicted molar refractivity (Wildman–Crippen MR) is 70.2 cm³/mol. The van der Waals surface area contributed by atoms with Crippen LogP contribution >= 0.6 is 23.2 Å². The van der Waals surface area contributed by atoms with Crippen molar-refractivity contribution in [2.45, 2.75) is 0 Å². The van der Waals surface area contributed by atoms with Gasteiger partial charge in [-0.2, -0.15) is 0 Å². The van der Waals surface area contributed by atoms with Crippen LogP contribution in [0.25, 0.3) is 0 Å². The predicted octanol–water partition coefficient (Wildman–Crippen LogP) is 2.71. The normalized spacial score (nSPS) is 26.4. The molecule has 2 saturated heterocycles. The first-order chi connectivity index (χ1) is 8.65. The Kier molecular flexibility index (Phi) is 3.22. The lowest BCUT2D eigenvalue weighted by molar-refractivity contribution is 0.0751. The number of hydrogen-bond acceptors (Lipinski definition) is 2. The molecule has 0 bridgehead atoms. The van der Waals surface area contributed by atoms with E-state index in [1.807, 2.05) is 4.90 Å². The summed E-state index contributed by atoms with van der Waals surface area (Å²) in [6.07, 6.45) is 0. The molecule has 3 rings (SSSR count). The van der Waals surface area contributed by atoms with Gasteiger partial charge in [0.2, 0.25) is 0 Å². The summed E-state index contributed by atoms with van der Waals surface area (Å²) in [5.74, 6) is 1.02. The third-order valence-corrected chi connectivity index (χ3v) is 4.43. The quantitative estimate of drug-likeness (QED) is 0.794. The van der Waals surface area contributed by atoms with Crippen LogP contribution in [-0.4, -0.2) is 37.1 Å². The molecule has 2 heterocycles. The van der Waals surface area contributed by atoms with Gasteiger partial charge in [0.1, 0.15) is 0 Å². The van der Waals surface area contributed by atoms with Gasteiger partial charge in [-0.15, -0.1) is 0 Å². The molecule has 3 nitrogen and oxygen atoms in total. The first-order valence-electron chi connectivity index (χ1n) is 5.97. The highest BCUT2D eigenvalue weighted by Crippen LogP contribution is 2.31. The van der Waals surface area contributed by atoms with Gasteiger partial charge in [0.05, 0.1) is 23.3 Å². The molecule has 18 heavy (non-hydrogen) atoms. The topological polar surface area (TPSA) is 29.5 Å². The summed E-state index contributed by atoms with van der Waals surface area (Å²) in [4.78, 5) is 14.2. The Balaban J connectivity index is 1.77. The van der Waals surface area contributed by atoms with Crippen molar-refractivity contribution < 1.29 is 9.53 Å². The van der Waals surface area contributed by atoms with Gasteiger partial charge in [-0.25, -0.2) is 0 Å². The minimum Gasteiger partial charge on any atom is -0.381 e. The summed E-state index contributed by atoms with van der Waals surface area (Å²) in [5.41, 5.74) is 0.602. The Morgan fingerprint density at radius 3 is 2.44 bits per heavy atom. The molecule has 1 aromatic carbocycles. The van der Waals surface area contributed by atoms with Crippen LogP contribution in [0.2, 0.25) is 10.0 Å². The van der Waals surface area contributed by atoms with Gasteiger partial charge < -0.3 is 9.64 Å². The second-order valence-electron chi connectivity index (χ2n) is 4.90. The lowest BCUT2D eigenvalue weighted by atomic mass is 10.0. The van der Waals surface area contributed by atoms with Crippen LogP contribution in [0.15, 0.2) is 18.2 Å². The van der Waals surface area contributed by atoms with Gasteiger partial charge in [-0.1, -0.05) is 23.2 Å². The maximum atomic E-state index is 12.3. The van der Waals surface area contributed by atoms with Gasteiger partial charge in [0.15, 0.2) is 0 Å². The molecule has 0 aliphatic carbocycles. The minimum atomic E-state index is 0.0305. The molecule has 0 N–H and O–H groups in total. The Hall–Kier alpha value is -0.770. The zero-order valence-electron chi connectivity index (χ0n) is 9.73. The third-order valence-electron chi connectivity index (χ3n) is 3.69. The highest BCUT2D eigenvalue weighted by atomic mass is 35.5. The van der Waals surface area contributed by atoms with Crippen LogP contribution in [0.3, 0.4) is 0 Å². The van der Waals surface area contributed by atoms with Gasteiger partial charge in [0.25, 0.3) is 5.91 Å². The molecule has 2 atom stereocenters. The molecule has 2 fully saturated rings. The fraction of sp³-hybridized carbons (Fsp3) is 0.462. The standard InChI is InChI=1S/C13H13Cl2NO2/c14-11-2-1-8(3-12(11)15)13(17)16-4-9-6-18-7-10(9)5-16/h1-3,9-10H,4-7H2. The molecule has 96 valence electrons. The summed E-state index contributed by atoms with van der Waals surface area (Å²) < 4.78 is 5.40. The van der Waals surface area contributed by atoms with Crippen LogP contribution < -0.4 is 0 Å². The summed E-state index contributed by atoms with van der Waals surface area (Å²) >= 11 is 11.8. The molecular weight excluding hydrogens is 273 g/mol. The van der Waals surface area contributed by atoms with Crippen LogP contribution in [0, 0.1) is 11.8 Å². The van der Waals surface area contributed by atoms with Crippen molar-refractivity contribution in [3.63, 3.8) is 0 Å². The summed E-state index contributed by atoms with van der Waals surface area (Å²) in [7, 11) is 0. The van der Waals surface area contributed by atoms with Crippen molar-refractivity contribution in [3.8, 4) is 0 Å². The van der Waals surface area contributed by atoms with Crippen LogP contribution in [0.4, 0.5) is 0 Å². The number of halogens is 2. The molecule has 2 unspecified atom stereocenters. The first-order valence-corrected chi connectivity index (χ1v) is 6.73. The molecule has 0 spiro atoms. The number of nitrogens with zero attached hydrogens (tertiary/aromatic N) is 1. The first kappa shape index (κ1) is 12.3. The highest BCUT2D eigenvalue weighted by molar-refractivity contribution is 6.42. The zero-order chi connectivity index (χ0) is 12.7. The van der Waals surface area contributed by atoms with E-state index in [9.17, 15) is 4.79 Å². The smallest absolute Gasteiger partial charge is 0.253 e. The molecule has 2 aliphatic heterocycles. The van der Waals surface area contributed by atoms with Crippen LogP contribution in [0.1, 0.15) is 10.4 Å². The largest absolute Gasteiger partial charge is 0.381 e. The Morgan fingerprint density at radius 2 is 1.83 bits per heavy atom. The number of carbonyl (C=O) groups excluding carboxylic acids is 1. The van der Waals surface area contributed by atoms with Crippen LogP contribution in [0.5, 0.6) is 0 Å². The summed E-state index contributed by atoms with van der Waals surface area (Å²) in [6, 6.07) is 5.02. The fourth-order valence-corrected chi connectivity index (χ4v) is 2.96. The van der Waals surface area contributed by atoms with E-state index < -0.39 is 0 Å². The van der Waals surface area contributed by atoms with Crippen molar-refractivity contribution in [1.29, 1.82) is 0 Å². The average Bonchev–Trinajstić information content (AvgIpc) is 2.92. The number of likely N-dealkylation sites (tertiary alicyclic amines) is 1. The number of benzene rings is 1. The van der Waals surface area contributed by atoms with E-state index in [4.69, 9.17) is 27.9 Å². The van der Waals surface area contributed by atoms with Crippen molar-refractivity contribution in [2.24, 2.45) is 11.8 Å². The lowest BCUT2D eigenvalue weighted by Gasteiger charge is -2.17. The second kappa shape index (κ2) is 4.72. The van der Waals surface area contributed by atoms with Crippen molar-refractivity contribution in [2.75, 3.05) is 26.3 Å². The van der Waals surface area contributed by atoms with Gasteiger partial charge in [0, 0.05) is 30.5 Å². The van der Waals surface area contributed by atoms with E-state index in [1.165, 1.54) is 0 Å². The Labute approximate surface area is 116 Å². The van der Waals surface area contributed by atoms with Crippen molar-refractivity contribution in [3.05, 3.63) is 33.8 Å². The van der Waals surface area contributed by atoms with E-state index in [-0.39, 0.29) is 5.91 Å². The molecule has 5 heteroatoms. The second-order valence-corrected chi connectivity index (χ2v) is 5.71. The fourth-order valence-electron chi connectivity index (χ4n) is 2.66. The Bertz CT molecular complexity index is 480. The minimum absolute atomic E-state index is 0.0305. The summed E-state index contributed by atoms with van der Waals surface area (Å²) in [6.45, 7) is 3.11. The average molecular weight is 286 g/mol. The van der Waals surface area contributed by atoms with Gasteiger partial charge in [-0.05, 0) is 18.2 Å². The number of amides is 1. The van der Waals surface area contributed by atoms with Gasteiger partial charge >= 0.3 is 0 Å². The molecule has 1 aromatic rings. The summed E-state index contributed by atoms with van der Waals surface area (Å²) in [5, 5.41) is 0.894. The number of hydrogen-bond donors (Lipinski definition) is 0. The SMILES string of the molecule is O=C(c1ccc(Cl)c(Cl)c1)N1CC2COCC2C1. The van der Waals surface area contributed by atoms with E-state index in [1.54, 1.807) is 18.2 Å². The molecular formula is C13H13Cl2NO2. The molecule has 0 radical (unpaired) electrons. The number of carbonyl (C=O) groups is 1. The van der Waals surface area contributed by atoms with E-state index in [0.717, 1.165) is 26.3 Å². The molecule has 1 amide bonds. The van der Waals surface area contributed by atoms with E-state index >= 15 is 0 Å².